The molecule has 0 amide bonds. The van der Waals surface area contributed by atoms with Gasteiger partial charge in [-0.15, -0.1) is 0 Å². The first kappa shape index (κ1) is 17.0. The van der Waals surface area contributed by atoms with Crippen molar-refractivity contribution in [2.45, 2.75) is 12.0 Å². The summed E-state index contributed by atoms with van der Waals surface area (Å²) in [6.07, 6.45) is 0.975. The van der Waals surface area contributed by atoms with E-state index in [-0.39, 0.29) is 0 Å². The van der Waals surface area contributed by atoms with E-state index < -0.39 is 5.60 Å². The fraction of sp³-hybridized carbons (Fsp3) is 0.111. The highest BCUT2D eigenvalue weighted by Crippen LogP contribution is 2.43. The van der Waals surface area contributed by atoms with Gasteiger partial charge in [0.2, 0.25) is 0 Å². The SMILES string of the molecule is COC(c1ccccc1)(c1ccccc1)c1ccc2c(c1)Cc1ccccc1-2. The molecular formula is C27H22O. The zero-order valence-corrected chi connectivity index (χ0v) is 15.9. The van der Waals surface area contributed by atoms with Gasteiger partial charge in [0.05, 0.1) is 0 Å². The van der Waals surface area contributed by atoms with Crippen molar-refractivity contribution in [3.63, 3.8) is 0 Å². The molecule has 0 unspecified atom stereocenters. The van der Waals surface area contributed by atoms with Crippen LogP contribution < -0.4 is 0 Å². The van der Waals surface area contributed by atoms with E-state index in [2.05, 4.69) is 91.0 Å². The fourth-order valence-electron chi connectivity index (χ4n) is 4.56. The van der Waals surface area contributed by atoms with E-state index in [4.69, 9.17) is 4.74 Å². The van der Waals surface area contributed by atoms with Gasteiger partial charge in [-0.25, -0.2) is 0 Å². The van der Waals surface area contributed by atoms with Crippen LogP contribution >= 0.6 is 0 Å². The number of benzene rings is 4. The fourth-order valence-corrected chi connectivity index (χ4v) is 4.56. The van der Waals surface area contributed by atoms with Crippen LogP contribution in [0.5, 0.6) is 0 Å². The highest BCUT2D eigenvalue weighted by Gasteiger charge is 2.37. The maximum Gasteiger partial charge on any atom is 0.143 e. The summed E-state index contributed by atoms with van der Waals surface area (Å²) in [7, 11) is 1.81. The second-order valence-corrected chi connectivity index (χ2v) is 7.32. The summed E-state index contributed by atoms with van der Waals surface area (Å²) < 4.78 is 6.33. The van der Waals surface area contributed by atoms with Crippen LogP contribution in [0.15, 0.2) is 103 Å². The summed E-state index contributed by atoms with van der Waals surface area (Å²) in [4.78, 5) is 0. The van der Waals surface area contributed by atoms with Gasteiger partial charge in [0.25, 0.3) is 0 Å². The van der Waals surface area contributed by atoms with Crippen molar-refractivity contribution in [2.75, 3.05) is 7.11 Å². The molecule has 0 saturated heterocycles. The molecule has 28 heavy (non-hydrogen) atoms. The minimum atomic E-state index is -0.633. The summed E-state index contributed by atoms with van der Waals surface area (Å²) in [6.45, 7) is 0. The third-order valence-electron chi connectivity index (χ3n) is 5.87. The lowest BCUT2D eigenvalue weighted by atomic mass is 9.79. The topological polar surface area (TPSA) is 9.23 Å². The predicted molar refractivity (Wildman–Crippen MR) is 114 cm³/mol. The van der Waals surface area contributed by atoms with Crippen LogP contribution in [0.3, 0.4) is 0 Å². The average Bonchev–Trinajstić information content (AvgIpc) is 3.14. The second-order valence-electron chi connectivity index (χ2n) is 7.32. The number of ether oxygens (including phenoxy) is 1. The number of rotatable bonds is 4. The molecule has 0 N–H and O–H groups in total. The van der Waals surface area contributed by atoms with Crippen molar-refractivity contribution in [1.82, 2.24) is 0 Å². The van der Waals surface area contributed by atoms with E-state index in [1.165, 1.54) is 27.8 Å². The molecule has 0 saturated carbocycles. The van der Waals surface area contributed by atoms with Crippen LogP contribution in [0.1, 0.15) is 27.8 Å². The molecule has 0 fully saturated rings. The van der Waals surface area contributed by atoms with E-state index in [1.54, 1.807) is 0 Å². The zero-order valence-electron chi connectivity index (χ0n) is 15.9. The summed E-state index contributed by atoms with van der Waals surface area (Å²) in [5, 5.41) is 0. The molecule has 4 aromatic rings. The Morgan fingerprint density at radius 3 is 1.79 bits per heavy atom. The first-order valence-electron chi connectivity index (χ1n) is 9.71. The van der Waals surface area contributed by atoms with Gasteiger partial charge in [0, 0.05) is 7.11 Å². The van der Waals surface area contributed by atoms with E-state index in [0.29, 0.717) is 0 Å². The lowest BCUT2D eigenvalue weighted by Crippen LogP contribution is -2.31. The molecule has 0 aliphatic heterocycles. The molecule has 0 spiro atoms. The molecule has 1 heteroatoms. The van der Waals surface area contributed by atoms with Crippen LogP contribution in [0, 0.1) is 0 Å². The zero-order chi connectivity index (χ0) is 19.0. The molecule has 1 nitrogen and oxygen atoms in total. The predicted octanol–water partition coefficient (Wildman–Crippen LogP) is 6.20. The van der Waals surface area contributed by atoms with Crippen LogP contribution in [-0.4, -0.2) is 7.11 Å². The smallest absolute Gasteiger partial charge is 0.143 e. The molecule has 136 valence electrons. The van der Waals surface area contributed by atoms with Crippen molar-refractivity contribution >= 4 is 0 Å². The monoisotopic (exact) mass is 362 g/mol. The minimum absolute atomic E-state index is 0.633. The first-order valence-corrected chi connectivity index (χ1v) is 9.71. The Hall–Kier alpha value is -3.16. The number of methoxy groups -OCH3 is 1. The van der Waals surface area contributed by atoms with Gasteiger partial charge in [-0.3, -0.25) is 0 Å². The van der Waals surface area contributed by atoms with Crippen LogP contribution in [0.2, 0.25) is 0 Å². The van der Waals surface area contributed by atoms with Crippen molar-refractivity contribution in [2.24, 2.45) is 0 Å². The minimum Gasteiger partial charge on any atom is -0.364 e. The number of fused-ring (bicyclic) bond motifs is 3. The van der Waals surface area contributed by atoms with E-state index in [9.17, 15) is 0 Å². The van der Waals surface area contributed by atoms with Crippen molar-refractivity contribution in [3.8, 4) is 11.1 Å². The number of hydrogen-bond acceptors (Lipinski definition) is 1. The lowest BCUT2D eigenvalue weighted by Gasteiger charge is -2.34. The van der Waals surface area contributed by atoms with E-state index >= 15 is 0 Å². The van der Waals surface area contributed by atoms with Crippen molar-refractivity contribution < 1.29 is 4.74 Å². The second kappa shape index (κ2) is 6.78. The molecular weight excluding hydrogens is 340 g/mol. The molecule has 0 bridgehead atoms. The summed E-state index contributed by atoms with van der Waals surface area (Å²) >= 11 is 0. The highest BCUT2D eigenvalue weighted by atomic mass is 16.5. The third kappa shape index (κ3) is 2.51. The van der Waals surface area contributed by atoms with Crippen molar-refractivity contribution in [1.29, 1.82) is 0 Å². The van der Waals surface area contributed by atoms with Crippen LogP contribution in [-0.2, 0) is 16.8 Å². The highest BCUT2D eigenvalue weighted by molar-refractivity contribution is 5.77. The number of hydrogen-bond donors (Lipinski definition) is 0. The largest absolute Gasteiger partial charge is 0.364 e. The van der Waals surface area contributed by atoms with E-state index in [0.717, 1.165) is 17.5 Å². The third-order valence-corrected chi connectivity index (χ3v) is 5.87. The summed E-state index contributed by atoms with van der Waals surface area (Å²) in [5.41, 5.74) is 8.27. The summed E-state index contributed by atoms with van der Waals surface area (Å²) in [6, 6.07) is 36.5. The van der Waals surface area contributed by atoms with Gasteiger partial charge in [-0.05, 0) is 45.4 Å². The molecule has 1 aliphatic carbocycles. The quantitative estimate of drug-likeness (QED) is 0.346. The van der Waals surface area contributed by atoms with Gasteiger partial charge in [0.1, 0.15) is 5.60 Å². The van der Waals surface area contributed by atoms with Gasteiger partial charge < -0.3 is 4.74 Å². The molecule has 1 aliphatic rings. The maximum absolute atomic E-state index is 6.33. The Morgan fingerprint density at radius 1 is 0.571 bits per heavy atom. The normalized spacial score (nSPS) is 12.5. The van der Waals surface area contributed by atoms with E-state index in [1.807, 2.05) is 19.2 Å². The van der Waals surface area contributed by atoms with Gasteiger partial charge in [-0.2, -0.15) is 0 Å². The van der Waals surface area contributed by atoms with Gasteiger partial charge >= 0.3 is 0 Å². The summed E-state index contributed by atoms with van der Waals surface area (Å²) in [5.74, 6) is 0. The molecule has 0 aromatic heterocycles. The first-order chi connectivity index (χ1) is 13.8. The standard InChI is InChI=1S/C27H22O/c1-28-27(22-11-4-2-5-12-22,23-13-6-3-7-14-23)24-16-17-26-21(19-24)18-20-10-8-9-15-25(20)26/h2-17,19H,18H2,1H3. The van der Waals surface area contributed by atoms with Gasteiger partial charge in [-0.1, -0.05) is 103 Å². The molecule has 0 heterocycles. The molecule has 4 aromatic carbocycles. The van der Waals surface area contributed by atoms with Crippen molar-refractivity contribution in [3.05, 3.63) is 131 Å². The lowest BCUT2D eigenvalue weighted by molar-refractivity contribution is 0.0585. The molecule has 0 atom stereocenters. The Labute approximate surface area is 166 Å². The molecule has 5 rings (SSSR count). The Bertz CT molecular complexity index is 1070. The Balaban J connectivity index is 1.73. The van der Waals surface area contributed by atoms with Crippen LogP contribution in [0.4, 0.5) is 0 Å². The van der Waals surface area contributed by atoms with Crippen LogP contribution in [0.25, 0.3) is 11.1 Å². The van der Waals surface area contributed by atoms with Gasteiger partial charge in [0.15, 0.2) is 0 Å². The Morgan fingerprint density at radius 2 is 1.14 bits per heavy atom. The molecule has 0 radical (unpaired) electrons. The maximum atomic E-state index is 6.33. The Kier molecular flexibility index (Phi) is 4.11. The average molecular weight is 362 g/mol.